The summed E-state index contributed by atoms with van der Waals surface area (Å²) < 4.78 is 21.6. The fourth-order valence-electron chi connectivity index (χ4n) is 4.78. The summed E-state index contributed by atoms with van der Waals surface area (Å²) in [4.78, 5) is 38.3. The molecule has 0 atom stereocenters. The van der Waals surface area contributed by atoms with E-state index in [1.165, 1.54) is 23.5 Å². The molecule has 2 aliphatic rings. The molecule has 4 heterocycles. The van der Waals surface area contributed by atoms with Crippen molar-refractivity contribution in [2.24, 2.45) is 0 Å². The maximum Gasteiger partial charge on any atom is 0.319 e. The maximum atomic E-state index is 14.9. The number of carbonyl (C=O) groups excluding carboxylic acids is 2. The Kier molecular flexibility index (Phi) is 8.15. The van der Waals surface area contributed by atoms with Crippen LogP contribution in [0.15, 0.2) is 54.9 Å². The number of anilines is 1. The fourth-order valence-corrected chi connectivity index (χ4v) is 5.82. The van der Waals surface area contributed by atoms with Crippen molar-refractivity contribution in [3.63, 3.8) is 0 Å². The van der Waals surface area contributed by atoms with Crippen molar-refractivity contribution in [2.45, 2.75) is 32.4 Å². The number of hydrogen-bond donors (Lipinski definition) is 3. The molecule has 1 saturated carbocycles. The highest BCUT2D eigenvalue weighted by atomic mass is 32.1. The molecule has 6 rings (SSSR count). The third-order valence-corrected chi connectivity index (χ3v) is 8.33. The van der Waals surface area contributed by atoms with E-state index in [9.17, 15) is 14.0 Å². The van der Waals surface area contributed by atoms with E-state index < -0.39 is 5.82 Å². The van der Waals surface area contributed by atoms with E-state index in [2.05, 4.69) is 31.9 Å². The van der Waals surface area contributed by atoms with Crippen LogP contribution in [0, 0.1) is 5.82 Å². The Morgan fingerprint density at radius 2 is 1.88 bits per heavy atom. The molecule has 1 aliphatic heterocycles. The molecule has 0 unspecified atom stereocenters. The van der Waals surface area contributed by atoms with Crippen LogP contribution in [0.2, 0.25) is 0 Å². The first-order chi connectivity index (χ1) is 20.4. The van der Waals surface area contributed by atoms with Crippen LogP contribution in [-0.2, 0) is 6.54 Å². The van der Waals surface area contributed by atoms with Gasteiger partial charge in [0.1, 0.15) is 5.75 Å². The highest BCUT2D eigenvalue weighted by Gasteiger charge is 2.23. The Morgan fingerprint density at radius 1 is 1.05 bits per heavy atom. The van der Waals surface area contributed by atoms with Crippen LogP contribution in [0.3, 0.4) is 0 Å². The Balaban J connectivity index is 1.10. The zero-order valence-electron chi connectivity index (χ0n) is 23.2. The first-order valence-electron chi connectivity index (χ1n) is 14.1. The molecule has 0 spiro atoms. The van der Waals surface area contributed by atoms with Gasteiger partial charge in [0.25, 0.3) is 0 Å². The summed E-state index contributed by atoms with van der Waals surface area (Å²) in [5.41, 5.74) is 3.01. The van der Waals surface area contributed by atoms with E-state index in [-0.39, 0.29) is 23.9 Å². The standard InChI is InChI=1S/C30H32FN7O3S/c1-2-32-30(40)38-13-11-37(12-14-38)18-19-3-7-23(34-17-19)27-16-24-28(42-27)26(9-10-33-24)41-25-8-6-21(15-22(25)31)36-29(39)35-20-4-5-20/h3,6-10,15-17,20H,2,4-5,11-14,18H2,1H3,(H,32,40)(H2,35,36,39). The number of halogens is 1. The Bertz CT molecular complexity index is 1580. The number of piperazine rings is 1. The topological polar surface area (TPSA) is 112 Å². The minimum Gasteiger partial charge on any atom is -0.453 e. The molecule has 0 bridgehead atoms. The highest BCUT2D eigenvalue weighted by molar-refractivity contribution is 7.22. The van der Waals surface area contributed by atoms with Gasteiger partial charge in [0, 0.05) is 75.5 Å². The highest BCUT2D eigenvalue weighted by Crippen LogP contribution is 2.39. The van der Waals surface area contributed by atoms with Crippen LogP contribution >= 0.6 is 11.3 Å². The van der Waals surface area contributed by atoms with E-state index in [1.807, 2.05) is 30.2 Å². The third kappa shape index (κ3) is 6.60. The summed E-state index contributed by atoms with van der Waals surface area (Å²) >= 11 is 1.48. The molecule has 1 aliphatic carbocycles. The van der Waals surface area contributed by atoms with Crippen molar-refractivity contribution in [1.82, 2.24) is 30.4 Å². The molecule has 4 aromatic rings. The van der Waals surface area contributed by atoms with Crippen LogP contribution in [0.1, 0.15) is 25.3 Å². The van der Waals surface area contributed by atoms with Gasteiger partial charge < -0.3 is 25.6 Å². The average molecular weight is 590 g/mol. The molecule has 4 amide bonds. The molecule has 42 heavy (non-hydrogen) atoms. The second kappa shape index (κ2) is 12.3. The lowest BCUT2D eigenvalue weighted by molar-refractivity contribution is 0.135. The maximum absolute atomic E-state index is 14.9. The van der Waals surface area contributed by atoms with Crippen molar-refractivity contribution in [3.8, 4) is 22.1 Å². The number of amides is 4. The SMILES string of the molecule is CCNC(=O)N1CCN(Cc2ccc(-c3cc4nccc(Oc5ccc(NC(=O)NC6CC6)cc5F)c4s3)nc2)CC1. The second-order valence-corrected chi connectivity index (χ2v) is 11.5. The van der Waals surface area contributed by atoms with E-state index in [1.54, 1.807) is 18.3 Å². The van der Waals surface area contributed by atoms with Gasteiger partial charge in [0.15, 0.2) is 11.6 Å². The normalized spacial score (nSPS) is 15.4. The molecule has 218 valence electrons. The van der Waals surface area contributed by atoms with Gasteiger partial charge in [-0.1, -0.05) is 6.07 Å². The van der Waals surface area contributed by atoms with Crippen LogP contribution < -0.4 is 20.7 Å². The number of nitrogens with zero attached hydrogens (tertiary/aromatic N) is 4. The number of hydrogen-bond acceptors (Lipinski definition) is 7. The van der Waals surface area contributed by atoms with Gasteiger partial charge in [-0.2, -0.15) is 0 Å². The first-order valence-corrected chi connectivity index (χ1v) is 14.9. The largest absolute Gasteiger partial charge is 0.453 e. The molecule has 2 fully saturated rings. The van der Waals surface area contributed by atoms with Crippen LogP contribution in [0.25, 0.3) is 20.8 Å². The van der Waals surface area contributed by atoms with Gasteiger partial charge >= 0.3 is 12.1 Å². The molecular weight excluding hydrogens is 557 g/mol. The minimum absolute atomic E-state index is 0.000234. The van der Waals surface area contributed by atoms with Crippen LogP contribution in [0.4, 0.5) is 19.7 Å². The van der Waals surface area contributed by atoms with Crippen LogP contribution in [-0.4, -0.2) is 70.6 Å². The molecule has 0 radical (unpaired) electrons. The smallest absolute Gasteiger partial charge is 0.319 e. The Hall–Kier alpha value is -4.29. The van der Waals surface area contributed by atoms with Crippen molar-refractivity contribution in [3.05, 3.63) is 66.2 Å². The number of pyridine rings is 2. The van der Waals surface area contributed by atoms with Gasteiger partial charge in [0.05, 0.1) is 20.8 Å². The summed E-state index contributed by atoms with van der Waals surface area (Å²) in [6.45, 7) is 6.38. The number of benzene rings is 1. The quantitative estimate of drug-likeness (QED) is 0.253. The van der Waals surface area contributed by atoms with Gasteiger partial charge in [-0.25, -0.2) is 14.0 Å². The number of urea groups is 2. The Morgan fingerprint density at radius 3 is 2.60 bits per heavy atom. The van der Waals surface area contributed by atoms with E-state index in [0.29, 0.717) is 31.1 Å². The van der Waals surface area contributed by atoms with E-state index in [0.717, 1.165) is 58.8 Å². The Labute approximate surface area is 246 Å². The van der Waals surface area contributed by atoms with Crippen molar-refractivity contribution < 1.29 is 18.7 Å². The lowest BCUT2D eigenvalue weighted by Crippen LogP contribution is -2.51. The lowest BCUT2D eigenvalue weighted by Gasteiger charge is -2.34. The zero-order chi connectivity index (χ0) is 29.1. The van der Waals surface area contributed by atoms with Gasteiger partial charge in [-0.05, 0) is 49.6 Å². The zero-order valence-corrected chi connectivity index (χ0v) is 24.0. The molecule has 1 aromatic carbocycles. The van der Waals surface area contributed by atoms with Gasteiger partial charge in [0.2, 0.25) is 0 Å². The number of carbonyl (C=O) groups is 2. The summed E-state index contributed by atoms with van der Waals surface area (Å²) in [6.07, 6.45) is 5.46. The second-order valence-electron chi connectivity index (χ2n) is 10.4. The van der Waals surface area contributed by atoms with Crippen molar-refractivity contribution in [2.75, 3.05) is 38.0 Å². The molecule has 3 aromatic heterocycles. The van der Waals surface area contributed by atoms with Crippen LogP contribution in [0.5, 0.6) is 11.5 Å². The van der Waals surface area contributed by atoms with Crippen molar-refractivity contribution >= 4 is 39.3 Å². The third-order valence-electron chi connectivity index (χ3n) is 7.17. The lowest BCUT2D eigenvalue weighted by atomic mass is 10.2. The predicted molar refractivity (Wildman–Crippen MR) is 160 cm³/mol. The van der Waals surface area contributed by atoms with Gasteiger partial charge in [-0.3, -0.25) is 14.9 Å². The summed E-state index contributed by atoms with van der Waals surface area (Å²) in [5.74, 6) is -0.0329. The van der Waals surface area contributed by atoms with E-state index >= 15 is 0 Å². The summed E-state index contributed by atoms with van der Waals surface area (Å²) in [5, 5.41) is 8.32. The monoisotopic (exact) mass is 589 g/mol. The molecule has 10 nitrogen and oxygen atoms in total. The number of rotatable bonds is 8. The fraction of sp³-hybridized carbons (Fsp3) is 0.333. The molecule has 12 heteroatoms. The minimum atomic E-state index is -0.580. The number of ether oxygens (including phenoxy) is 1. The van der Waals surface area contributed by atoms with E-state index in [4.69, 9.17) is 9.72 Å². The summed E-state index contributed by atoms with van der Waals surface area (Å²) in [6, 6.07) is 12.0. The molecule has 1 saturated heterocycles. The van der Waals surface area contributed by atoms with Crippen molar-refractivity contribution in [1.29, 1.82) is 0 Å². The average Bonchev–Trinajstić information content (AvgIpc) is 3.69. The predicted octanol–water partition coefficient (Wildman–Crippen LogP) is 5.42. The molecular formula is C30H32FN7O3S. The first kappa shape index (κ1) is 27.9. The number of fused-ring (bicyclic) bond motifs is 1. The van der Waals surface area contributed by atoms with Gasteiger partial charge in [-0.15, -0.1) is 11.3 Å². The number of thiophene rings is 1. The summed E-state index contributed by atoms with van der Waals surface area (Å²) in [7, 11) is 0. The number of nitrogens with one attached hydrogen (secondary N) is 3. The number of aromatic nitrogens is 2. The molecule has 3 N–H and O–H groups in total.